The van der Waals surface area contributed by atoms with Crippen LogP contribution >= 0.6 is 0 Å². The van der Waals surface area contributed by atoms with Crippen molar-refractivity contribution in [1.29, 1.82) is 0 Å². The Morgan fingerprint density at radius 3 is 2.65 bits per heavy atom. The van der Waals surface area contributed by atoms with Crippen LogP contribution in [0.5, 0.6) is 0 Å². The maximum Gasteiger partial charge on any atom is 0.340 e. The van der Waals surface area contributed by atoms with E-state index in [-0.39, 0.29) is 11.5 Å². The molecule has 1 aliphatic carbocycles. The second-order valence-electron chi connectivity index (χ2n) is 5.09. The van der Waals surface area contributed by atoms with Crippen LogP contribution in [0, 0.1) is 11.7 Å². The van der Waals surface area contributed by atoms with Gasteiger partial charge in [0.05, 0.1) is 12.7 Å². The van der Waals surface area contributed by atoms with Crippen LogP contribution in [0.3, 0.4) is 0 Å². The highest BCUT2D eigenvalue weighted by Gasteiger charge is 2.19. The number of carbonyl (C=O) groups excluding carboxylic acids is 2. The molecule has 20 heavy (non-hydrogen) atoms. The summed E-state index contributed by atoms with van der Waals surface area (Å²) in [4.78, 5) is 23.1. The summed E-state index contributed by atoms with van der Waals surface area (Å²) >= 11 is 0. The molecule has 0 aliphatic heterocycles. The van der Waals surface area contributed by atoms with E-state index >= 15 is 0 Å². The third-order valence-electron chi connectivity index (χ3n) is 3.61. The van der Waals surface area contributed by atoms with Gasteiger partial charge in [-0.3, -0.25) is 4.79 Å². The quantitative estimate of drug-likeness (QED) is 0.861. The Balaban J connectivity index is 1.97. The van der Waals surface area contributed by atoms with E-state index in [0.29, 0.717) is 18.0 Å². The SMILES string of the molecule is COC(=O)c1ccc(NC(=O)CC2CCCC2)cc1F. The maximum atomic E-state index is 13.7. The number of anilines is 1. The van der Waals surface area contributed by atoms with Gasteiger partial charge in [0.15, 0.2) is 0 Å². The van der Waals surface area contributed by atoms with E-state index < -0.39 is 11.8 Å². The molecule has 0 heterocycles. The summed E-state index contributed by atoms with van der Waals surface area (Å²) in [6.07, 6.45) is 5.01. The minimum absolute atomic E-state index is 0.109. The Bertz CT molecular complexity index is 510. The van der Waals surface area contributed by atoms with Crippen molar-refractivity contribution >= 4 is 17.6 Å². The number of esters is 1. The molecule has 5 heteroatoms. The van der Waals surface area contributed by atoms with Crippen LogP contribution in [0.25, 0.3) is 0 Å². The number of rotatable bonds is 4. The Kier molecular flexibility index (Phi) is 4.71. The summed E-state index contributed by atoms with van der Waals surface area (Å²) in [7, 11) is 1.19. The molecule has 0 saturated heterocycles. The van der Waals surface area contributed by atoms with Crippen LogP contribution in [0.4, 0.5) is 10.1 Å². The molecule has 4 nitrogen and oxygen atoms in total. The molecule has 0 radical (unpaired) electrons. The normalized spacial score (nSPS) is 15.1. The predicted molar refractivity (Wildman–Crippen MR) is 72.9 cm³/mol. The number of carbonyl (C=O) groups is 2. The fraction of sp³-hybridized carbons (Fsp3) is 0.467. The summed E-state index contributed by atoms with van der Waals surface area (Å²) in [6, 6.07) is 3.95. The number of hydrogen-bond donors (Lipinski definition) is 1. The third kappa shape index (κ3) is 3.56. The highest BCUT2D eigenvalue weighted by molar-refractivity contribution is 5.93. The lowest BCUT2D eigenvalue weighted by molar-refractivity contribution is -0.117. The van der Waals surface area contributed by atoms with Gasteiger partial charge in [0.25, 0.3) is 0 Å². The molecule has 0 atom stereocenters. The fourth-order valence-corrected chi connectivity index (χ4v) is 2.56. The number of halogens is 1. The van der Waals surface area contributed by atoms with Crippen molar-refractivity contribution in [2.24, 2.45) is 5.92 Å². The van der Waals surface area contributed by atoms with Gasteiger partial charge in [0, 0.05) is 12.1 Å². The molecule has 1 fully saturated rings. The smallest absolute Gasteiger partial charge is 0.340 e. The average molecular weight is 279 g/mol. The standard InChI is InChI=1S/C15H18FNO3/c1-20-15(19)12-7-6-11(9-13(12)16)17-14(18)8-10-4-2-3-5-10/h6-7,9-10H,2-5,8H2,1H3,(H,17,18). The Morgan fingerprint density at radius 1 is 1.35 bits per heavy atom. The molecule has 1 amide bonds. The Labute approximate surface area is 117 Å². The van der Waals surface area contributed by atoms with E-state index in [1.165, 1.54) is 32.1 Å². The van der Waals surface area contributed by atoms with Gasteiger partial charge >= 0.3 is 5.97 Å². The first-order chi connectivity index (χ1) is 9.60. The Hall–Kier alpha value is -1.91. The first-order valence-electron chi connectivity index (χ1n) is 6.78. The summed E-state index contributed by atoms with van der Waals surface area (Å²) in [5.74, 6) is -1.10. The number of nitrogens with one attached hydrogen (secondary N) is 1. The van der Waals surface area contributed by atoms with Crippen molar-refractivity contribution in [2.75, 3.05) is 12.4 Å². The lowest BCUT2D eigenvalue weighted by Gasteiger charge is -2.10. The summed E-state index contributed by atoms with van der Waals surface area (Å²) in [5.41, 5.74) is 0.222. The van der Waals surface area contributed by atoms with Crippen molar-refractivity contribution in [2.45, 2.75) is 32.1 Å². The van der Waals surface area contributed by atoms with Crippen molar-refractivity contribution in [3.05, 3.63) is 29.6 Å². The molecule has 0 spiro atoms. The van der Waals surface area contributed by atoms with Gasteiger partial charge in [-0.25, -0.2) is 9.18 Å². The van der Waals surface area contributed by atoms with E-state index in [0.717, 1.165) is 18.9 Å². The number of ether oxygens (including phenoxy) is 1. The fourth-order valence-electron chi connectivity index (χ4n) is 2.56. The van der Waals surface area contributed by atoms with Crippen molar-refractivity contribution in [1.82, 2.24) is 0 Å². The first-order valence-corrected chi connectivity index (χ1v) is 6.78. The van der Waals surface area contributed by atoms with Gasteiger partial charge < -0.3 is 10.1 Å². The first kappa shape index (κ1) is 14.5. The predicted octanol–water partition coefficient (Wildman–Crippen LogP) is 3.13. The maximum absolute atomic E-state index is 13.7. The molecular weight excluding hydrogens is 261 g/mol. The molecule has 1 N–H and O–H groups in total. The third-order valence-corrected chi connectivity index (χ3v) is 3.61. The molecule has 0 bridgehead atoms. The highest BCUT2D eigenvalue weighted by atomic mass is 19.1. The number of methoxy groups -OCH3 is 1. The van der Waals surface area contributed by atoms with Crippen molar-refractivity contribution < 1.29 is 18.7 Å². The van der Waals surface area contributed by atoms with Gasteiger partial charge in [0.2, 0.25) is 5.91 Å². The second kappa shape index (κ2) is 6.50. The molecule has 108 valence electrons. The van der Waals surface area contributed by atoms with Crippen molar-refractivity contribution in [3.63, 3.8) is 0 Å². The average Bonchev–Trinajstić information content (AvgIpc) is 2.90. The van der Waals surface area contributed by atoms with Gasteiger partial charge in [-0.05, 0) is 37.0 Å². The van der Waals surface area contributed by atoms with Crippen LogP contribution in [-0.4, -0.2) is 19.0 Å². The largest absolute Gasteiger partial charge is 0.465 e. The van der Waals surface area contributed by atoms with Gasteiger partial charge in [-0.15, -0.1) is 0 Å². The zero-order valence-corrected chi connectivity index (χ0v) is 11.4. The van der Waals surface area contributed by atoms with E-state index in [4.69, 9.17) is 0 Å². The number of amides is 1. The van der Waals surface area contributed by atoms with Gasteiger partial charge in [-0.1, -0.05) is 12.8 Å². The molecule has 1 aliphatic rings. The van der Waals surface area contributed by atoms with E-state index in [2.05, 4.69) is 10.1 Å². The van der Waals surface area contributed by atoms with Crippen molar-refractivity contribution in [3.8, 4) is 0 Å². The molecule has 1 aromatic rings. The summed E-state index contributed by atoms with van der Waals surface area (Å²) in [5, 5.41) is 2.66. The molecule has 0 aromatic heterocycles. The summed E-state index contributed by atoms with van der Waals surface area (Å²) < 4.78 is 18.2. The minimum Gasteiger partial charge on any atom is -0.465 e. The minimum atomic E-state index is -0.730. The monoisotopic (exact) mass is 279 g/mol. The molecule has 1 saturated carbocycles. The van der Waals surface area contributed by atoms with Crippen LogP contribution in [0.2, 0.25) is 0 Å². The molecular formula is C15H18FNO3. The topological polar surface area (TPSA) is 55.4 Å². The van der Waals surface area contributed by atoms with E-state index in [1.54, 1.807) is 0 Å². The van der Waals surface area contributed by atoms with Crippen LogP contribution in [-0.2, 0) is 9.53 Å². The van der Waals surface area contributed by atoms with E-state index in [1.807, 2.05) is 0 Å². The van der Waals surface area contributed by atoms with Crippen LogP contribution in [0.1, 0.15) is 42.5 Å². The molecule has 0 unspecified atom stereocenters. The Morgan fingerprint density at radius 2 is 2.05 bits per heavy atom. The van der Waals surface area contributed by atoms with E-state index in [9.17, 15) is 14.0 Å². The zero-order valence-electron chi connectivity index (χ0n) is 11.4. The molecule has 1 aromatic carbocycles. The zero-order chi connectivity index (χ0) is 14.5. The number of hydrogen-bond acceptors (Lipinski definition) is 3. The van der Waals surface area contributed by atoms with Crippen LogP contribution < -0.4 is 5.32 Å². The van der Waals surface area contributed by atoms with Gasteiger partial charge in [0.1, 0.15) is 5.82 Å². The lowest BCUT2D eigenvalue weighted by Crippen LogP contribution is -2.15. The number of benzene rings is 1. The lowest BCUT2D eigenvalue weighted by atomic mass is 10.0. The van der Waals surface area contributed by atoms with Crippen LogP contribution in [0.15, 0.2) is 18.2 Å². The molecule has 2 rings (SSSR count). The summed E-state index contributed by atoms with van der Waals surface area (Å²) in [6.45, 7) is 0. The second-order valence-corrected chi connectivity index (χ2v) is 5.09. The highest BCUT2D eigenvalue weighted by Crippen LogP contribution is 2.27. The van der Waals surface area contributed by atoms with Gasteiger partial charge in [-0.2, -0.15) is 0 Å².